The van der Waals surface area contributed by atoms with Crippen molar-refractivity contribution < 1.29 is 9.53 Å². The third-order valence-electron chi connectivity index (χ3n) is 6.02. The molecule has 1 atom stereocenters. The topological polar surface area (TPSA) is 43.3 Å². The zero-order valence-electron chi connectivity index (χ0n) is 18.3. The predicted octanol–water partition coefficient (Wildman–Crippen LogP) is 6.76. The standard InChI is InChI=1S/C28H26N2O2/c1-3-27(32-22-15-13-19-9-5-6-10-20(19)17-22)28(31)29-21-14-16-26-24(18-21)23-11-7-8-12-25(23)30(26)4-2/h5-18,27H,3-4H2,1-2H3,(H,29,31)/t27-/m1/s1. The lowest BCUT2D eigenvalue weighted by atomic mass is 10.1. The van der Waals surface area contributed by atoms with Crippen molar-refractivity contribution in [3.63, 3.8) is 0 Å². The molecule has 0 unspecified atom stereocenters. The highest BCUT2D eigenvalue weighted by Crippen LogP contribution is 2.31. The summed E-state index contributed by atoms with van der Waals surface area (Å²) in [7, 11) is 0. The predicted molar refractivity (Wildman–Crippen MR) is 132 cm³/mol. The Morgan fingerprint density at radius 2 is 1.59 bits per heavy atom. The van der Waals surface area contributed by atoms with Gasteiger partial charge >= 0.3 is 0 Å². The normalized spacial score (nSPS) is 12.3. The first kappa shape index (κ1) is 20.1. The van der Waals surface area contributed by atoms with Gasteiger partial charge in [-0.15, -0.1) is 0 Å². The number of ether oxygens (including phenoxy) is 1. The third kappa shape index (κ3) is 3.58. The van der Waals surface area contributed by atoms with Gasteiger partial charge in [-0.1, -0.05) is 55.5 Å². The number of nitrogens with zero attached hydrogens (tertiary/aromatic N) is 1. The van der Waals surface area contributed by atoms with E-state index in [4.69, 9.17) is 4.74 Å². The first-order valence-corrected chi connectivity index (χ1v) is 11.1. The van der Waals surface area contributed by atoms with E-state index in [0.717, 1.165) is 28.4 Å². The molecule has 0 aliphatic carbocycles. The Labute approximate surface area is 187 Å². The fourth-order valence-corrected chi connectivity index (χ4v) is 4.42. The SMILES string of the molecule is CC[C@@H](Oc1ccc2ccccc2c1)C(=O)Nc1ccc2c(c1)c1ccccc1n2CC. The summed E-state index contributed by atoms with van der Waals surface area (Å²) in [6.45, 7) is 5.01. The third-order valence-corrected chi connectivity index (χ3v) is 6.02. The van der Waals surface area contributed by atoms with Crippen LogP contribution < -0.4 is 10.1 Å². The highest BCUT2D eigenvalue weighted by molar-refractivity contribution is 6.10. The number of benzene rings is 4. The average Bonchev–Trinajstić information content (AvgIpc) is 3.15. The van der Waals surface area contributed by atoms with Crippen LogP contribution in [0.1, 0.15) is 20.3 Å². The van der Waals surface area contributed by atoms with Crippen LogP contribution in [0.25, 0.3) is 32.6 Å². The van der Waals surface area contributed by atoms with Crippen LogP contribution in [0.5, 0.6) is 5.75 Å². The van der Waals surface area contributed by atoms with Gasteiger partial charge in [-0.3, -0.25) is 4.79 Å². The highest BCUT2D eigenvalue weighted by atomic mass is 16.5. The van der Waals surface area contributed by atoms with Crippen LogP contribution in [0.4, 0.5) is 5.69 Å². The molecule has 0 saturated carbocycles. The fraction of sp³-hybridized carbons (Fsp3) is 0.179. The molecule has 32 heavy (non-hydrogen) atoms. The Hall–Kier alpha value is -3.79. The van der Waals surface area contributed by atoms with E-state index in [2.05, 4.69) is 59.3 Å². The lowest BCUT2D eigenvalue weighted by molar-refractivity contribution is -0.122. The number of carbonyl (C=O) groups is 1. The van der Waals surface area contributed by atoms with Crippen molar-refractivity contribution in [1.29, 1.82) is 0 Å². The van der Waals surface area contributed by atoms with Crippen LogP contribution in [0.15, 0.2) is 84.9 Å². The number of anilines is 1. The Morgan fingerprint density at radius 1 is 0.844 bits per heavy atom. The minimum Gasteiger partial charge on any atom is -0.481 e. The van der Waals surface area contributed by atoms with Gasteiger partial charge in [0.2, 0.25) is 0 Å². The van der Waals surface area contributed by atoms with E-state index in [9.17, 15) is 4.79 Å². The van der Waals surface area contributed by atoms with E-state index in [0.29, 0.717) is 12.2 Å². The van der Waals surface area contributed by atoms with E-state index in [1.807, 2.05) is 49.4 Å². The lowest BCUT2D eigenvalue weighted by Crippen LogP contribution is -2.32. The second-order valence-corrected chi connectivity index (χ2v) is 8.01. The molecule has 1 N–H and O–H groups in total. The number of hydrogen-bond acceptors (Lipinski definition) is 2. The first-order chi connectivity index (χ1) is 15.7. The molecule has 0 saturated heterocycles. The minimum absolute atomic E-state index is 0.140. The maximum atomic E-state index is 13.0. The molecule has 1 heterocycles. The van der Waals surface area contributed by atoms with Gasteiger partial charge in [-0.25, -0.2) is 0 Å². The molecule has 4 heteroatoms. The van der Waals surface area contributed by atoms with Crippen molar-refractivity contribution >= 4 is 44.2 Å². The molecule has 1 amide bonds. The van der Waals surface area contributed by atoms with Crippen molar-refractivity contribution in [2.24, 2.45) is 0 Å². The van der Waals surface area contributed by atoms with Gasteiger partial charge < -0.3 is 14.6 Å². The summed E-state index contributed by atoms with van der Waals surface area (Å²) in [5.74, 6) is 0.561. The lowest BCUT2D eigenvalue weighted by Gasteiger charge is -2.18. The van der Waals surface area contributed by atoms with Crippen LogP contribution in [0, 0.1) is 0 Å². The van der Waals surface area contributed by atoms with Crippen molar-refractivity contribution in [2.75, 3.05) is 5.32 Å². The molecule has 1 aromatic heterocycles. The Kier molecular flexibility index (Phi) is 5.28. The minimum atomic E-state index is -0.566. The molecule has 0 radical (unpaired) electrons. The fourth-order valence-electron chi connectivity index (χ4n) is 4.42. The summed E-state index contributed by atoms with van der Waals surface area (Å²) in [6.07, 6.45) is 0.0135. The smallest absolute Gasteiger partial charge is 0.265 e. The molecule has 160 valence electrons. The molecule has 4 aromatic carbocycles. The molecular weight excluding hydrogens is 396 g/mol. The molecule has 0 spiro atoms. The number of rotatable bonds is 6. The molecule has 5 rings (SSSR count). The van der Waals surface area contributed by atoms with Gasteiger partial charge in [0, 0.05) is 34.0 Å². The molecule has 0 aliphatic heterocycles. The van der Waals surface area contributed by atoms with E-state index in [1.165, 1.54) is 16.4 Å². The largest absolute Gasteiger partial charge is 0.481 e. The summed E-state index contributed by atoms with van der Waals surface area (Å²) < 4.78 is 8.37. The number of para-hydroxylation sites is 1. The summed E-state index contributed by atoms with van der Waals surface area (Å²) in [5, 5.41) is 7.64. The Bertz CT molecular complexity index is 1430. The van der Waals surface area contributed by atoms with Crippen molar-refractivity contribution in [2.45, 2.75) is 32.9 Å². The molecular formula is C28H26N2O2. The Morgan fingerprint density at radius 3 is 2.41 bits per heavy atom. The van der Waals surface area contributed by atoms with E-state index >= 15 is 0 Å². The van der Waals surface area contributed by atoms with Gasteiger partial charge in [-0.2, -0.15) is 0 Å². The number of hydrogen-bond donors (Lipinski definition) is 1. The molecule has 5 aromatic rings. The van der Waals surface area contributed by atoms with Crippen LogP contribution in [-0.2, 0) is 11.3 Å². The number of fused-ring (bicyclic) bond motifs is 4. The quantitative estimate of drug-likeness (QED) is 0.328. The zero-order chi connectivity index (χ0) is 22.1. The van der Waals surface area contributed by atoms with E-state index in [-0.39, 0.29) is 5.91 Å². The summed E-state index contributed by atoms with van der Waals surface area (Å²) >= 11 is 0. The van der Waals surface area contributed by atoms with Crippen molar-refractivity contribution in [1.82, 2.24) is 4.57 Å². The number of carbonyl (C=O) groups excluding carboxylic acids is 1. The monoisotopic (exact) mass is 422 g/mol. The van der Waals surface area contributed by atoms with Crippen LogP contribution in [-0.4, -0.2) is 16.6 Å². The Balaban J connectivity index is 1.40. The number of aryl methyl sites for hydroxylation is 1. The zero-order valence-corrected chi connectivity index (χ0v) is 18.3. The molecule has 0 aliphatic rings. The number of amides is 1. The van der Waals surface area contributed by atoms with Gasteiger partial charge in [0.05, 0.1) is 0 Å². The second-order valence-electron chi connectivity index (χ2n) is 8.01. The molecule has 0 bridgehead atoms. The maximum absolute atomic E-state index is 13.0. The van der Waals surface area contributed by atoms with Gasteiger partial charge in [0.25, 0.3) is 5.91 Å². The summed E-state index contributed by atoms with van der Waals surface area (Å²) in [4.78, 5) is 13.0. The number of nitrogens with one attached hydrogen (secondary N) is 1. The average molecular weight is 423 g/mol. The van der Waals surface area contributed by atoms with Crippen LogP contribution in [0.3, 0.4) is 0 Å². The van der Waals surface area contributed by atoms with E-state index in [1.54, 1.807) is 0 Å². The summed E-state index contributed by atoms with van der Waals surface area (Å²) in [6, 6.07) is 28.5. The molecule has 4 nitrogen and oxygen atoms in total. The van der Waals surface area contributed by atoms with Gasteiger partial charge in [0.1, 0.15) is 5.75 Å². The maximum Gasteiger partial charge on any atom is 0.265 e. The summed E-state index contributed by atoms with van der Waals surface area (Å²) in [5.41, 5.74) is 3.16. The van der Waals surface area contributed by atoms with Crippen molar-refractivity contribution in [3.05, 3.63) is 84.9 Å². The van der Waals surface area contributed by atoms with Crippen LogP contribution in [0.2, 0.25) is 0 Å². The second kappa shape index (κ2) is 8.39. The van der Waals surface area contributed by atoms with E-state index < -0.39 is 6.10 Å². The van der Waals surface area contributed by atoms with Gasteiger partial charge in [-0.05, 0) is 60.5 Å². The number of aromatic nitrogens is 1. The van der Waals surface area contributed by atoms with Crippen molar-refractivity contribution in [3.8, 4) is 5.75 Å². The first-order valence-electron chi connectivity index (χ1n) is 11.1. The molecule has 0 fully saturated rings. The highest BCUT2D eigenvalue weighted by Gasteiger charge is 2.19. The van der Waals surface area contributed by atoms with Gasteiger partial charge in [0.15, 0.2) is 6.10 Å². The van der Waals surface area contributed by atoms with Crippen LogP contribution >= 0.6 is 0 Å².